The minimum atomic E-state index is 0.208. The number of likely N-dealkylation sites (tertiary alicyclic amines) is 1. The van der Waals surface area contributed by atoms with Crippen LogP contribution in [0.15, 0.2) is 18.7 Å². The first kappa shape index (κ1) is 10.2. The highest BCUT2D eigenvalue weighted by molar-refractivity contribution is 5.76. The molecule has 2 rings (SSSR count). The van der Waals surface area contributed by atoms with Crippen LogP contribution in [0.4, 0.5) is 0 Å². The second-order valence-electron chi connectivity index (χ2n) is 4.32. The second-order valence-corrected chi connectivity index (χ2v) is 4.32. The predicted molar refractivity (Wildman–Crippen MR) is 57.2 cm³/mol. The fraction of sp³-hybridized carbons (Fsp3) is 0.636. The van der Waals surface area contributed by atoms with Gasteiger partial charge >= 0.3 is 0 Å². The van der Waals surface area contributed by atoms with Crippen LogP contribution < -0.4 is 0 Å². The summed E-state index contributed by atoms with van der Waals surface area (Å²) in [5.74, 6) is 0.852. The molecule has 0 aliphatic carbocycles. The Morgan fingerprint density at radius 2 is 2.47 bits per heavy atom. The highest BCUT2D eigenvalue weighted by Gasteiger charge is 2.20. The van der Waals surface area contributed by atoms with Gasteiger partial charge in [-0.15, -0.1) is 0 Å². The molecule has 1 unspecified atom stereocenters. The maximum Gasteiger partial charge on any atom is 0.242 e. The summed E-state index contributed by atoms with van der Waals surface area (Å²) in [6, 6.07) is 0. The number of nitrogens with zero attached hydrogens (tertiary/aromatic N) is 3. The van der Waals surface area contributed by atoms with Crippen LogP contribution >= 0.6 is 0 Å². The normalized spacial score (nSPS) is 21.7. The Balaban J connectivity index is 1.90. The van der Waals surface area contributed by atoms with Gasteiger partial charge in [-0.1, -0.05) is 6.92 Å². The zero-order chi connectivity index (χ0) is 10.7. The Bertz CT molecular complexity index is 321. The molecule has 0 bridgehead atoms. The predicted octanol–water partition coefficient (Wildman–Crippen LogP) is 1.14. The molecule has 1 fully saturated rings. The van der Waals surface area contributed by atoms with E-state index in [1.165, 1.54) is 6.42 Å². The molecule has 4 heteroatoms. The highest BCUT2D eigenvalue weighted by atomic mass is 16.2. The molecular weight excluding hydrogens is 190 g/mol. The van der Waals surface area contributed by atoms with Crippen LogP contribution in [0, 0.1) is 5.92 Å². The van der Waals surface area contributed by atoms with Crippen molar-refractivity contribution in [2.24, 2.45) is 5.92 Å². The van der Waals surface area contributed by atoms with Gasteiger partial charge in [-0.05, 0) is 18.8 Å². The molecule has 1 saturated heterocycles. The summed E-state index contributed by atoms with van der Waals surface area (Å²) >= 11 is 0. The summed E-state index contributed by atoms with van der Waals surface area (Å²) < 4.78 is 1.82. The number of piperidine rings is 1. The van der Waals surface area contributed by atoms with Gasteiger partial charge in [0.25, 0.3) is 0 Å². The third-order valence-electron chi connectivity index (χ3n) is 2.89. The number of carbonyl (C=O) groups is 1. The Kier molecular flexibility index (Phi) is 3.04. The van der Waals surface area contributed by atoms with E-state index in [1.807, 2.05) is 15.7 Å². The molecule has 1 atom stereocenters. The van der Waals surface area contributed by atoms with Crippen molar-refractivity contribution in [3.8, 4) is 0 Å². The van der Waals surface area contributed by atoms with Crippen molar-refractivity contribution in [3.05, 3.63) is 18.7 Å². The molecule has 0 spiro atoms. The fourth-order valence-corrected chi connectivity index (χ4v) is 2.05. The average Bonchev–Trinajstić information content (AvgIpc) is 2.70. The van der Waals surface area contributed by atoms with E-state index in [2.05, 4.69) is 11.9 Å². The van der Waals surface area contributed by atoms with E-state index >= 15 is 0 Å². The number of rotatable bonds is 2. The lowest BCUT2D eigenvalue weighted by atomic mass is 10.0. The van der Waals surface area contributed by atoms with Crippen molar-refractivity contribution in [3.63, 3.8) is 0 Å². The number of aromatic nitrogens is 2. The Hall–Kier alpha value is -1.32. The summed E-state index contributed by atoms with van der Waals surface area (Å²) in [6.07, 6.45) is 7.59. The lowest BCUT2D eigenvalue weighted by Crippen LogP contribution is -2.40. The van der Waals surface area contributed by atoms with E-state index in [4.69, 9.17) is 0 Å². The topological polar surface area (TPSA) is 38.1 Å². The molecule has 0 radical (unpaired) electrons. The first-order chi connectivity index (χ1) is 7.25. The minimum absolute atomic E-state index is 0.208. The molecule has 1 amide bonds. The van der Waals surface area contributed by atoms with E-state index in [1.54, 1.807) is 12.5 Å². The number of amides is 1. The smallest absolute Gasteiger partial charge is 0.242 e. The number of hydrogen-bond donors (Lipinski definition) is 0. The molecule has 1 aromatic rings. The van der Waals surface area contributed by atoms with Gasteiger partial charge in [0.15, 0.2) is 0 Å². The minimum Gasteiger partial charge on any atom is -0.341 e. The van der Waals surface area contributed by atoms with Gasteiger partial charge in [-0.2, -0.15) is 0 Å². The Morgan fingerprint density at radius 1 is 1.60 bits per heavy atom. The van der Waals surface area contributed by atoms with Crippen molar-refractivity contribution in [1.29, 1.82) is 0 Å². The summed E-state index contributed by atoms with van der Waals surface area (Å²) in [6.45, 7) is 4.45. The summed E-state index contributed by atoms with van der Waals surface area (Å²) in [5.41, 5.74) is 0. The first-order valence-corrected chi connectivity index (χ1v) is 5.49. The molecule has 0 aromatic carbocycles. The molecular formula is C11H17N3O. The average molecular weight is 207 g/mol. The number of hydrogen-bond acceptors (Lipinski definition) is 2. The fourth-order valence-electron chi connectivity index (χ4n) is 2.05. The molecule has 1 aliphatic heterocycles. The van der Waals surface area contributed by atoms with Crippen LogP contribution in [0.25, 0.3) is 0 Å². The Labute approximate surface area is 89.9 Å². The van der Waals surface area contributed by atoms with Gasteiger partial charge in [-0.25, -0.2) is 4.98 Å². The van der Waals surface area contributed by atoms with E-state index in [0.29, 0.717) is 12.5 Å². The van der Waals surface area contributed by atoms with Crippen LogP contribution in [-0.4, -0.2) is 33.4 Å². The van der Waals surface area contributed by atoms with Crippen molar-refractivity contribution >= 4 is 5.91 Å². The van der Waals surface area contributed by atoms with Gasteiger partial charge in [-0.3, -0.25) is 4.79 Å². The zero-order valence-electron chi connectivity index (χ0n) is 9.09. The lowest BCUT2D eigenvalue weighted by molar-refractivity contribution is -0.133. The largest absolute Gasteiger partial charge is 0.341 e. The van der Waals surface area contributed by atoms with E-state index < -0.39 is 0 Å². The van der Waals surface area contributed by atoms with E-state index in [-0.39, 0.29) is 5.91 Å². The highest BCUT2D eigenvalue weighted by Crippen LogP contribution is 2.15. The van der Waals surface area contributed by atoms with Gasteiger partial charge in [0, 0.05) is 25.5 Å². The number of carbonyl (C=O) groups excluding carboxylic acids is 1. The van der Waals surface area contributed by atoms with Crippen LogP contribution in [0.5, 0.6) is 0 Å². The monoisotopic (exact) mass is 207 g/mol. The number of imidazole rings is 1. The van der Waals surface area contributed by atoms with Crippen LogP contribution in [-0.2, 0) is 11.3 Å². The Morgan fingerprint density at radius 3 is 3.13 bits per heavy atom. The van der Waals surface area contributed by atoms with E-state index in [9.17, 15) is 4.79 Å². The van der Waals surface area contributed by atoms with E-state index in [0.717, 1.165) is 19.5 Å². The third kappa shape index (κ3) is 2.58. The summed E-state index contributed by atoms with van der Waals surface area (Å²) in [4.78, 5) is 17.8. The van der Waals surface area contributed by atoms with Crippen LogP contribution in [0.2, 0.25) is 0 Å². The van der Waals surface area contributed by atoms with Gasteiger partial charge < -0.3 is 9.47 Å². The molecule has 0 N–H and O–H groups in total. The molecule has 1 aliphatic rings. The first-order valence-electron chi connectivity index (χ1n) is 5.49. The van der Waals surface area contributed by atoms with Crippen molar-refractivity contribution in [1.82, 2.24) is 14.5 Å². The maximum absolute atomic E-state index is 11.9. The molecule has 0 saturated carbocycles. The molecule has 82 valence electrons. The molecule has 4 nitrogen and oxygen atoms in total. The quantitative estimate of drug-likeness (QED) is 0.729. The van der Waals surface area contributed by atoms with Crippen LogP contribution in [0.1, 0.15) is 19.8 Å². The zero-order valence-corrected chi connectivity index (χ0v) is 9.09. The van der Waals surface area contributed by atoms with Crippen molar-refractivity contribution in [2.45, 2.75) is 26.3 Å². The molecule has 2 heterocycles. The van der Waals surface area contributed by atoms with Gasteiger partial charge in [0.05, 0.1) is 6.33 Å². The summed E-state index contributed by atoms with van der Waals surface area (Å²) in [5, 5.41) is 0. The second kappa shape index (κ2) is 4.47. The summed E-state index contributed by atoms with van der Waals surface area (Å²) in [7, 11) is 0. The lowest BCUT2D eigenvalue weighted by Gasteiger charge is -2.31. The van der Waals surface area contributed by atoms with Gasteiger partial charge in [0.2, 0.25) is 5.91 Å². The maximum atomic E-state index is 11.9. The van der Waals surface area contributed by atoms with Gasteiger partial charge in [0.1, 0.15) is 6.54 Å². The van der Waals surface area contributed by atoms with Crippen molar-refractivity contribution < 1.29 is 4.79 Å². The van der Waals surface area contributed by atoms with Crippen LogP contribution in [0.3, 0.4) is 0 Å². The van der Waals surface area contributed by atoms with Crippen molar-refractivity contribution in [2.75, 3.05) is 13.1 Å². The molecule has 15 heavy (non-hydrogen) atoms. The third-order valence-corrected chi connectivity index (χ3v) is 2.89. The SMILES string of the molecule is CC1CCCN(C(=O)Cn2ccnc2)C1. The standard InChI is InChI=1S/C11H17N3O/c1-10-3-2-5-14(7-10)11(15)8-13-6-4-12-9-13/h4,6,9-10H,2-3,5,7-8H2,1H3. The molecule has 1 aromatic heterocycles.